The van der Waals surface area contributed by atoms with Crippen LogP contribution >= 0.6 is 0 Å². The highest BCUT2D eigenvalue weighted by molar-refractivity contribution is 6.08. The summed E-state index contributed by atoms with van der Waals surface area (Å²) in [7, 11) is 0. The van der Waals surface area contributed by atoms with Crippen LogP contribution in [-0.2, 0) is 11.3 Å². The van der Waals surface area contributed by atoms with Gasteiger partial charge in [-0.15, -0.1) is 10.2 Å². The molecule has 2 aliphatic rings. The summed E-state index contributed by atoms with van der Waals surface area (Å²) in [6.07, 6.45) is 6.99. The molecule has 1 aromatic heterocycles. The summed E-state index contributed by atoms with van der Waals surface area (Å²) in [6.45, 7) is 7.19. The van der Waals surface area contributed by atoms with Gasteiger partial charge in [0.2, 0.25) is 5.82 Å². The lowest BCUT2D eigenvalue weighted by Crippen LogP contribution is -2.40. The molecule has 1 saturated carbocycles. The number of nitrogens with zero attached hydrogens (tertiary/aromatic N) is 5. The number of nitrogens with one attached hydrogen (secondary N) is 1. The zero-order valence-electron chi connectivity index (χ0n) is 20.9. The van der Waals surface area contributed by atoms with E-state index in [1.807, 2.05) is 23.1 Å². The monoisotopic (exact) mass is 470 g/mol. The fourth-order valence-corrected chi connectivity index (χ4v) is 5.50. The van der Waals surface area contributed by atoms with E-state index >= 15 is 0 Å². The summed E-state index contributed by atoms with van der Waals surface area (Å²) < 4.78 is 0. The molecule has 2 aromatic carbocycles. The zero-order valence-corrected chi connectivity index (χ0v) is 20.9. The molecule has 182 valence electrons. The van der Waals surface area contributed by atoms with E-state index in [2.05, 4.69) is 65.7 Å². The average molecular weight is 471 g/mol. The minimum atomic E-state index is -0.493. The van der Waals surface area contributed by atoms with Gasteiger partial charge in [-0.1, -0.05) is 82.5 Å². The molecule has 1 aliphatic carbocycles. The van der Waals surface area contributed by atoms with Crippen LogP contribution in [0.15, 0.2) is 47.5 Å². The number of amidine groups is 1. The van der Waals surface area contributed by atoms with Crippen LogP contribution < -0.4 is 0 Å². The molecule has 5 rings (SSSR count). The van der Waals surface area contributed by atoms with E-state index in [9.17, 15) is 4.79 Å². The van der Waals surface area contributed by atoms with Crippen molar-refractivity contribution < 1.29 is 4.79 Å². The molecule has 35 heavy (non-hydrogen) atoms. The number of aromatic amines is 1. The number of carbonyl (C=O) groups is 1. The lowest BCUT2D eigenvalue weighted by atomic mass is 9.88. The summed E-state index contributed by atoms with van der Waals surface area (Å²) in [5, 5.41) is 14.7. The zero-order chi connectivity index (χ0) is 24.4. The molecule has 0 radical (unpaired) electrons. The van der Waals surface area contributed by atoms with Crippen molar-refractivity contribution in [2.45, 2.75) is 83.7 Å². The van der Waals surface area contributed by atoms with Gasteiger partial charge in [-0.25, -0.2) is 0 Å². The maximum Gasteiger partial charge on any atom is 0.256 e. The van der Waals surface area contributed by atoms with Gasteiger partial charge in [-0.3, -0.25) is 14.7 Å². The second-order valence-corrected chi connectivity index (χ2v) is 10.1. The van der Waals surface area contributed by atoms with Gasteiger partial charge in [0.15, 0.2) is 0 Å². The third-order valence-electron chi connectivity index (χ3n) is 7.36. The average Bonchev–Trinajstić information content (AvgIpc) is 3.62. The fraction of sp³-hybridized carbons (Fsp3) is 0.464. The lowest BCUT2D eigenvalue weighted by Gasteiger charge is -2.24. The molecule has 1 aliphatic heterocycles. The number of aromatic nitrogens is 4. The Morgan fingerprint density at radius 3 is 2.51 bits per heavy atom. The van der Waals surface area contributed by atoms with Gasteiger partial charge in [0.25, 0.3) is 5.91 Å². The number of hydrogen-bond donors (Lipinski definition) is 1. The number of unbranched alkanes of at least 4 members (excludes halogenated alkanes) is 1. The number of H-pyrrole nitrogens is 1. The van der Waals surface area contributed by atoms with Crippen molar-refractivity contribution >= 4 is 11.7 Å². The Hall–Kier alpha value is -3.35. The highest BCUT2D eigenvalue weighted by Gasteiger charge is 2.49. The fourth-order valence-electron chi connectivity index (χ4n) is 5.50. The number of carbonyl (C=O) groups excluding carboxylic acids is 1. The van der Waals surface area contributed by atoms with Crippen LogP contribution in [0.1, 0.15) is 82.8 Å². The first kappa shape index (κ1) is 23.4. The Balaban J connectivity index is 1.49. The second-order valence-electron chi connectivity index (χ2n) is 10.1. The largest absolute Gasteiger partial charge is 0.294 e. The van der Waals surface area contributed by atoms with Crippen molar-refractivity contribution in [3.8, 4) is 22.5 Å². The van der Waals surface area contributed by atoms with E-state index in [0.717, 1.165) is 73.0 Å². The molecule has 0 unspecified atom stereocenters. The highest BCUT2D eigenvalue weighted by atomic mass is 16.2. The third kappa shape index (κ3) is 4.40. The standard InChI is InChI=1S/C28H34N6O/c1-4-5-12-25-29-28(15-8-9-16-28)27(35)34(25)18-20-13-14-22(24(17-20)19(2)3)21-10-6-7-11-23(21)26-30-32-33-31-26/h6-7,10-11,13-14,17,19H,4-5,8-9,12,15-16,18H2,1-3H3,(H,30,31,32,33). The SMILES string of the molecule is CCCCC1=NC2(CCCC2)C(=O)N1Cc1ccc(-c2ccccc2-c2nn[nH]n2)c(C(C)C)c1. The molecule has 1 N–H and O–H groups in total. The van der Waals surface area contributed by atoms with Crippen molar-refractivity contribution in [2.24, 2.45) is 4.99 Å². The Labute approximate surface area is 207 Å². The van der Waals surface area contributed by atoms with Gasteiger partial charge in [0, 0.05) is 12.0 Å². The topological polar surface area (TPSA) is 87.1 Å². The highest BCUT2D eigenvalue weighted by Crippen LogP contribution is 2.41. The molecule has 7 nitrogen and oxygen atoms in total. The number of rotatable bonds is 8. The molecule has 7 heteroatoms. The lowest BCUT2D eigenvalue weighted by molar-refractivity contribution is -0.131. The molecule has 0 bridgehead atoms. The first-order valence-electron chi connectivity index (χ1n) is 12.9. The molecule has 0 atom stereocenters. The second kappa shape index (κ2) is 9.72. The van der Waals surface area contributed by atoms with E-state index < -0.39 is 5.54 Å². The van der Waals surface area contributed by atoms with Crippen LogP contribution in [0.5, 0.6) is 0 Å². The van der Waals surface area contributed by atoms with Gasteiger partial charge < -0.3 is 0 Å². The van der Waals surface area contributed by atoms with Gasteiger partial charge in [-0.2, -0.15) is 5.21 Å². The molecule has 1 amide bonds. The molecule has 2 heterocycles. The van der Waals surface area contributed by atoms with Gasteiger partial charge in [0.05, 0.1) is 6.54 Å². The van der Waals surface area contributed by atoms with Crippen LogP contribution in [-0.4, -0.2) is 42.8 Å². The van der Waals surface area contributed by atoms with Crippen molar-refractivity contribution in [3.05, 3.63) is 53.6 Å². The molecule has 3 aromatic rings. The van der Waals surface area contributed by atoms with E-state index in [1.54, 1.807) is 0 Å². The van der Waals surface area contributed by atoms with Gasteiger partial charge in [-0.05, 0) is 52.6 Å². The van der Waals surface area contributed by atoms with Crippen molar-refractivity contribution in [1.82, 2.24) is 25.5 Å². The van der Waals surface area contributed by atoms with Crippen LogP contribution in [0, 0.1) is 0 Å². The summed E-state index contributed by atoms with van der Waals surface area (Å²) in [6, 6.07) is 14.8. The Kier molecular flexibility index (Phi) is 6.50. The minimum absolute atomic E-state index is 0.207. The van der Waals surface area contributed by atoms with Crippen LogP contribution in [0.4, 0.5) is 0 Å². The number of tetrazole rings is 1. The molecule has 1 spiro atoms. The molecule has 0 saturated heterocycles. The maximum atomic E-state index is 13.6. The van der Waals surface area contributed by atoms with Gasteiger partial charge >= 0.3 is 0 Å². The Morgan fingerprint density at radius 2 is 1.83 bits per heavy atom. The predicted molar refractivity (Wildman–Crippen MR) is 138 cm³/mol. The van der Waals surface area contributed by atoms with Gasteiger partial charge in [0.1, 0.15) is 11.4 Å². The summed E-state index contributed by atoms with van der Waals surface area (Å²) in [5.41, 5.74) is 5.08. The molecular weight excluding hydrogens is 436 g/mol. The third-order valence-corrected chi connectivity index (χ3v) is 7.36. The van der Waals surface area contributed by atoms with E-state index in [4.69, 9.17) is 4.99 Å². The van der Waals surface area contributed by atoms with Crippen molar-refractivity contribution in [3.63, 3.8) is 0 Å². The normalized spacial score (nSPS) is 17.1. The predicted octanol–water partition coefficient (Wildman–Crippen LogP) is 5.90. The number of amides is 1. The smallest absolute Gasteiger partial charge is 0.256 e. The van der Waals surface area contributed by atoms with E-state index in [0.29, 0.717) is 18.3 Å². The summed E-state index contributed by atoms with van der Waals surface area (Å²) in [5.74, 6) is 2.09. The maximum absolute atomic E-state index is 13.6. The number of aliphatic imine (C=N–C) groups is 1. The van der Waals surface area contributed by atoms with Crippen LogP contribution in [0.25, 0.3) is 22.5 Å². The van der Waals surface area contributed by atoms with Crippen molar-refractivity contribution in [2.75, 3.05) is 0 Å². The van der Waals surface area contributed by atoms with E-state index in [1.165, 1.54) is 5.56 Å². The number of hydrogen-bond acceptors (Lipinski definition) is 5. The molecular formula is C28H34N6O. The number of benzene rings is 2. The van der Waals surface area contributed by atoms with E-state index in [-0.39, 0.29) is 5.91 Å². The summed E-state index contributed by atoms with van der Waals surface area (Å²) in [4.78, 5) is 20.6. The minimum Gasteiger partial charge on any atom is -0.294 e. The van der Waals surface area contributed by atoms with Crippen LogP contribution in [0.2, 0.25) is 0 Å². The molecule has 1 fully saturated rings. The quantitative estimate of drug-likeness (QED) is 0.444. The van der Waals surface area contributed by atoms with Crippen molar-refractivity contribution in [1.29, 1.82) is 0 Å². The summed E-state index contributed by atoms with van der Waals surface area (Å²) >= 11 is 0. The Morgan fingerprint density at radius 1 is 1.06 bits per heavy atom. The Bertz CT molecular complexity index is 1220. The van der Waals surface area contributed by atoms with Crippen LogP contribution in [0.3, 0.4) is 0 Å². The first-order valence-corrected chi connectivity index (χ1v) is 12.9. The first-order chi connectivity index (χ1) is 17.0.